The third kappa shape index (κ3) is 3.45. The highest BCUT2D eigenvalue weighted by atomic mass is 35.5. The van der Waals surface area contributed by atoms with Gasteiger partial charge in [0.15, 0.2) is 12.4 Å². The molecule has 2 aromatic rings. The van der Waals surface area contributed by atoms with Crippen LogP contribution < -0.4 is 10.1 Å². The van der Waals surface area contributed by atoms with Crippen LogP contribution in [0.4, 0.5) is 5.82 Å². The lowest BCUT2D eigenvalue weighted by Crippen LogP contribution is -2.20. The molecule has 1 heterocycles. The maximum absolute atomic E-state index is 11.6. The second-order valence-corrected chi connectivity index (χ2v) is 4.35. The summed E-state index contributed by atoms with van der Waals surface area (Å²) in [5.74, 6) is 0.527. The molecule has 0 unspecified atom stereocenters. The van der Waals surface area contributed by atoms with Crippen molar-refractivity contribution in [3.8, 4) is 5.75 Å². The molecule has 7 heteroatoms. The zero-order chi connectivity index (χ0) is 13.8. The van der Waals surface area contributed by atoms with E-state index in [4.69, 9.17) is 16.3 Å². The number of amides is 1. The van der Waals surface area contributed by atoms with E-state index in [1.807, 2.05) is 6.92 Å². The maximum atomic E-state index is 11.6. The standard InChI is InChI=1S/C12H12ClN3O3/c1-7-5-9(3-4-10(7)13)18-6-11(17)14-12-8(2)15-19-16-12/h3-5H,6H2,1-2H3,(H,14,16,17). The molecule has 0 aliphatic heterocycles. The topological polar surface area (TPSA) is 77.2 Å². The molecule has 0 saturated carbocycles. The van der Waals surface area contributed by atoms with Gasteiger partial charge in [-0.05, 0) is 42.8 Å². The Morgan fingerprint density at radius 2 is 2.21 bits per heavy atom. The molecule has 0 atom stereocenters. The van der Waals surface area contributed by atoms with Gasteiger partial charge in [0.05, 0.1) is 0 Å². The number of carbonyl (C=O) groups excluding carboxylic acids is 1. The van der Waals surface area contributed by atoms with Gasteiger partial charge >= 0.3 is 0 Å². The van der Waals surface area contributed by atoms with Crippen LogP contribution in [0.5, 0.6) is 5.75 Å². The quantitative estimate of drug-likeness (QED) is 0.931. The molecule has 100 valence electrons. The van der Waals surface area contributed by atoms with Crippen LogP contribution in [0.2, 0.25) is 5.02 Å². The highest BCUT2D eigenvalue weighted by molar-refractivity contribution is 6.31. The normalized spacial score (nSPS) is 10.3. The number of rotatable bonds is 4. The molecule has 0 spiro atoms. The van der Waals surface area contributed by atoms with Crippen LogP contribution in [0.3, 0.4) is 0 Å². The first-order chi connectivity index (χ1) is 9.06. The molecule has 0 fully saturated rings. The van der Waals surface area contributed by atoms with E-state index in [-0.39, 0.29) is 12.5 Å². The lowest BCUT2D eigenvalue weighted by molar-refractivity contribution is -0.118. The molecule has 1 amide bonds. The number of benzene rings is 1. The van der Waals surface area contributed by atoms with Gasteiger partial charge < -0.3 is 10.1 Å². The Balaban J connectivity index is 1.90. The zero-order valence-corrected chi connectivity index (χ0v) is 11.2. The van der Waals surface area contributed by atoms with E-state index in [1.165, 1.54) is 0 Å². The first-order valence-corrected chi connectivity index (χ1v) is 5.92. The highest BCUT2D eigenvalue weighted by Crippen LogP contribution is 2.21. The molecule has 2 rings (SSSR count). The van der Waals surface area contributed by atoms with E-state index in [1.54, 1.807) is 25.1 Å². The summed E-state index contributed by atoms with van der Waals surface area (Å²) in [5.41, 5.74) is 1.40. The molecule has 1 N–H and O–H groups in total. The van der Waals surface area contributed by atoms with Crippen molar-refractivity contribution in [1.29, 1.82) is 0 Å². The molecule has 0 radical (unpaired) electrons. The van der Waals surface area contributed by atoms with Crippen LogP contribution in [0.1, 0.15) is 11.3 Å². The van der Waals surface area contributed by atoms with Crippen LogP contribution >= 0.6 is 11.6 Å². The average molecular weight is 282 g/mol. The predicted octanol–water partition coefficient (Wildman–Crippen LogP) is 2.36. The Labute approximate surface area is 114 Å². The number of aromatic nitrogens is 2. The molecule has 0 saturated heterocycles. The number of halogens is 1. The highest BCUT2D eigenvalue weighted by Gasteiger charge is 2.10. The minimum absolute atomic E-state index is 0.132. The van der Waals surface area contributed by atoms with Crippen molar-refractivity contribution in [2.24, 2.45) is 0 Å². The lowest BCUT2D eigenvalue weighted by Gasteiger charge is -2.07. The van der Waals surface area contributed by atoms with Gasteiger partial charge in [-0.2, -0.15) is 0 Å². The summed E-state index contributed by atoms with van der Waals surface area (Å²) < 4.78 is 9.81. The number of nitrogens with zero attached hydrogens (tertiary/aromatic N) is 2. The number of nitrogens with one attached hydrogen (secondary N) is 1. The molecule has 6 nitrogen and oxygen atoms in total. The number of carbonyl (C=O) groups is 1. The number of hydrogen-bond acceptors (Lipinski definition) is 5. The summed E-state index contributed by atoms with van der Waals surface area (Å²) in [7, 11) is 0. The van der Waals surface area contributed by atoms with E-state index >= 15 is 0 Å². The van der Waals surface area contributed by atoms with E-state index in [9.17, 15) is 4.79 Å². The summed E-state index contributed by atoms with van der Waals surface area (Å²) in [4.78, 5) is 11.6. The Morgan fingerprint density at radius 3 is 2.84 bits per heavy atom. The van der Waals surface area contributed by atoms with Crippen molar-refractivity contribution in [2.75, 3.05) is 11.9 Å². The van der Waals surface area contributed by atoms with Crippen LogP contribution in [0, 0.1) is 13.8 Å². The van der Waals surface area contributed by atoms with Crippen molar-refractivity contribution < 1.29 is 14.2 Å². The molecule has 0 aliphatic rings. The SMILES string of the molecule is Cc1cc(OCC(=O)Nc2nonc2C)ccc1Cl. The molecular formula is C12H12ClN3O3. The van der Waals surface area contributed by atoms with Crippen molar-refractivity contribution in [2.45, 2.75) is 13.8 Å². The van der Waals surface area contributed by atoms with Crippen LogP contribution in [-0.4, -0.2) is 22.8 Å². The van der Waals surface area contributed by atoms with Crippen molar-refractivity contribution in [1.82, 2.24) is 10.3 Å². The maximum Gasteiger partial charge on any atom is 0.263 e. The predicted molar refractivity (Wildman–Crippen MR) is 69.3 cm³/mol. The van der Waals surface area contributed by atoms with Gasteiger partial charge in [-0.3, -0.25) is 4.79 Å². The van der Waals surface area contributed by atoms with Gasteiger partial charge in [-0.25, -0.2) is 4.63 Å². The Hall–Kier alpha value is -2.08. The summed E-state index contributed by atoms with van der Waals surface area (Å²) in [5, 5.41) is 10.3. The summed E-state index contributed by atoms with van der Waals surface area (Å²) in [6.07, 6.45) is 0. The smallest absolute Gasteiger partial charge is 0.263 e. The molecular weight excluding hydrogens is 270 g/mol. The molecule has 1 aromatic carbocycles. The van der Waals surface area contributed by atoms with E-state index in [0.717, 1.165) is 5.56 Å². The van der Waals surface area contributed by atoms with Gasteiger partial charge in [0.2, 0.25) is 0 Å². The fourth-order valence-corrected chi connectivity index (χ4v) is 1.49. The van der Waals surface area contributed by atoms with Gasteiger partial charge in [0.25, 0.3) is 5.91 Å². The molecule has 0 aliphatic carbocycles. The van der Waals surface area contributed by atoms with Gasteiger partial charge in [0, 0.05) is 5.02 Å². The molecule has 0 bridgehead atoms. The Kier molecular flexibility index (Phi) is 4.01. The average Bonchev–Trinajstić information content (AvgIpc) is 2.77. The fraction of sp³-hybridized carbons (Fsp3) is 0.250. The van der Waals surface area contributed by atoms with E-state index < -0.39 is 0 Å². The van der Waals surface area contributed by atoms with Crippen LogP contribution in [0.15, 0.2) is 22.8 Å². The van der Waals surface area contributed by atoms with Crippen molar-refractivity contribution >= 4 is 23.3 Å². The third-order valence-electron chi connectivity index (χ3n) is 2.41. The fourth-order valence-electron chi connectivity index (χ4n) is 1.37. The minimum atomic E-state index is -0.341. The zero-order valence-electron chi connectivity index (χ0n) is 10.4. The Bertz CT molecular complexity index is 598. The molecule has 1 aromatic heterocycles. The summed E-state index contributed by atoms with van der Waals surface area (Å²) in [6, 6.07) is 5.18. The summed E-state index contributed by atoms with van der Waals surface area (Å²) in [6.45, 7) is 3.41. The van der Waals surface area contributed by atoms with Gasteiger partial charge in [0.1, 0.15) is 11.4 Å². The second-order valence-electron chi connectivity index (χ2n) is 3.95. The van der Waals surface area contributed by atoms with Crippen LogP contribution in [0.25, 0.3) is 0 Å². The van der Waals surface area contributed by atoms with Crippen molar-refractivity contribution in [3.05, 3.63) is 34.5 Å². The first-order valence-electron chi connectivity index (χ1n) is 5.54. The number of hydrogen-bond donors (Lipinski definition) is 1. The van der Waals surface area contributed by atoms with Crippen molar-refractivity contribution in [3.63, 3.8) is 0 Å². The van der Waals surface area contributed by atoms with Crippen LogP contribution in [-0.2, 0) is 4.79 Å². The number of aryl methyl sites for hydroxylation is 2. The molecule has 19 heavy (non-hydrogen) atoms. The largest absolute Gasteiger partial charge is 0.484 e. The van der Waals surface area contributed by atoms with E-state index in [0.29, 0.717) is 22.3 Å². The first kappa shape index (κ1) is 13.4. The number of anilines is 1. The van der Waals surface area contributed by atoms with Gasteiger partial charge in [-0.15, -0.1) is 0 Å². The lowest BCUT2D eigenvalue weighted by atomic mass is 10.2. The second kappa shape index (κ2) is 5.71. The monoisotopic (exact) mass is 281 g/mol. The Morgan fingerprint density at radius 1 is 1.42 bits per heavy atom. The minimum Gasteiger partial charge on any atom is -0.484 e. The van der Waals surface area contributed by atoms with Gasteiger partial charge in [-0.1, -0.05) is 16.8 Å². The summed E-state index contributed by atoms with van der Waals surface area (Å²) >= 11 is 5.90. The number of ether oxygens (including phenoxy) is 1. The van der Waals surface area contributed by atoms with E-state index in [2.05, 4.69) is 20.3 Å². The third-order valence-corrected chi connectivity index (χ3v) is 2.83.